The third-order valence-corrected chi connectivity index (χ3v) is 12.2. The molecule has 10 unspecified atom stereocenters. The van der Waals surface area contributed by atoms with Crippen molar-refractivity contribution in [2.24, 2.45) is 57.7 Å². The average Bonchev–Trinajstić information content (AvgIpc) is 3.31. The molecule has 0 aromatic heterocycles. The Morgan fingerprint density at radius 2 is 1.75 bits per heavy atom. The molecule has 0 saturated heterocycles. The fraction of sp³-hybridized carbons (Fsp3) is 0.935. The summed E-state index contributed by atoms with van der Waals surface area (Å²) >= 11 is 0. The highest BCUT2D eigenvalue weighted by atomic mass is 16.5. The van der Waals surface area contributed by atoms with E-state index in [1.807, 2.05) is 21.0 Å². The van der Waals surface area contributed by atoms with Crippen LogP contribution in [0, 0.1) is 57.7 Å². The van der Waals surface area contributed by atoms with Gasteiger partial charge in [-0.1, -0.05) is 60.6 Å². The summed E-state index contributed by atoms with van der Waals surface area (Å²) in [6, 6.07) is 0. The first-order valence-corrected chi connectivity index (χ1v) is 14.5. The maximum atomic E-state index is 6.29. The number of fused-ring (bicyclic) bond motifs is 4. The van der Waals surface area contributed by atoms with E-state index in [2.05, 4.69) is 46.8 Å². The zero-order chi connectivity index (χ0) is 23.3. The first kappa shape index (κ1) is 24.8. The quantitative estimate of drug-likeness (QED) is 0.373. The van der Waals surface area contributed by atoms with Crippen LogP contribution in [0.1, 0.15) is 113 Å². The maximum Gasteiger partial charge on any atom is 0.0638 e. The summed E-state index contributed by atoms with van der Waals surface area (Å²) in [7, 11) is 2.02. The molecule has 0 radical (unpaired) electrons. The van der Waals surface area contributed by atoms with E-state index < -0.39 is 0 Å². The molecule has 5 rings (SSSR count). The van der Waals surface area contributed by atoms with Crippen LogP contribution in [-0.2, 0) is 4.74 Å². The van der Waals surface area contributed by atoms with Crippen molar-refractivity contribution in [3.05, 3.63) is 12.2 Å². The molecule has 0 N–H and O–H groups in total. The lowest BCUT2D eigenvalue weighted by atomic mass is 9.45. The van der Waals surface area contributed by atoms with Crippen LogP contribution in [0.2, 0.25) is 0 Å². The molecule has 0 aromatic carbocycles. The van der Waals surface area contributed by atoms with Crippen molar-refractivity contribution in [1.29, 1.82) is 0 Å². The van der Waals surface area contributed by atoms with Crippen molar-refractivity contribution in [2.45, 2.75) is 119 Å². The first-order valence-electron chi connectivity index (χ1n) is 14.5. The van der Waals surface area contributed by atoms with Gasteiger partial charge in [-0.25, -0.2) is 0 Å². The van der Waals surface area contributed by atoms with Gasteiger partial charge in [0.05, 0.1) is 6.10 Å². The minimum Gasteiger partial charge on any atom is -0.381 e. The molecular formula is C31H54O. The molecule has 0 heterocycles. The van der Waals surface area contributed by atoms with E-state index in [0.29, 0.717) is 22.3 Å². The van der Waals surface area contributed by atoms with E-state index in [1.54, 1.807) is 0 Å². The Hall–Kier alpha value is -0.300. The Balaban J connectivity index is 0.00000119. The Labute approximate surface area is 200 Å². The van der Waals surface area contributed by atoms with Gasteiger partial charge >= 0.3 is 0 Å². The van der Waals surface area contributed by atoms with Crippen molar-refractivity contribution in [1.82, 2.24) is 0 Å². The zero-order valence-corrected chi connectivity index (χ0v) is 22.8. The van der Waals surface area contributed by atoms with Gasteiger partial charge in [-0.15, -0.1) is 0 Å². The maximum absolute atomic E-state index is 6.29. The molecule has 5 saturated carbocycles. The number of methoxy groups -OCH3 is 1. The van der Waals surface area contributed by atoms with Crippen LogP contribution in [0.3, 0.4) is 0 Å². The van der Waals surface area contributed by atoms with Crippen molar-refractivity contribution >= 4 is 0 Å². The topological polar surface area (TPSA) is 9.23 Å². The van der Waals surface area contributed by atoms with Gasteiger partial charge in [-0.3, -0.25) is 0 Å². The largest absolute Gasteiger partial charge is 0.381 e. The summed E-state index contributed by atoms with van der Waals surface area (Å²) in [4.78, 5) is 0. The summed E-state index contributed by atoms with van der Waals surface area (Å²) < 4.78 is 6.29. The molecule has 0 bridgehead atoms. The van der Waals surface area contributed by atoms with Crippen molar-refractivity contribution in [2.75, 3.05) is 7.11 Å². The molecule has 1 heteroatoms. The Morgan fingerprint density at radius 1 is 1.00 bits per heavy atom. The smallest absolute Gasteiger partial charge is 0.0638 e. The highest BCUT2D eigenvalue weighted by Crippen LogP contribution is 2.82. The average molecular weight is 443 g/mol. The van der Waals surface area contributed by atoms with E-state index >= 15 is 0 Å². The molecule has 0 aromatic rings. The second kappa shape index (κ2) is 9.05. The monoisotopic (exact) mass is 442 g/mol. The lowest BCUT2D eigenvalue weighted by Crippen LogP contribution is -2.56. The van der Waals surface area contributed by atoms with E-state index in [9.17, 15) is 0 Å². The van der Waals surface area contributed by atoms with Gasteiger partial charge in [0.2, 0.25) is 0 Å². The lowest BCUT2D eigenvalue weighted by Gasteiger charge is -2.60. The highest BCUT2D eigenvalue weighted by Gasteiger charge is 2.77. The molecule has 1 spiro atoms. The molecule has 5 aliphatic rings. The minimum absolute atomic E-state index is 0.550. The third-order valence-electron chi connectivity index (χ3n) is 12.2. The van der Waals surface area contributed by atoms with Crippen molar-refractivity contribution in [3.8, 4) is 0 Å². The molecule has 184 valence electrons. The summed E-state index contributed by atoms with van der Waals surface area (Å²) in [6.07, 6.45) is 20.1. The van der Waals surface area contributed by atoms with Crippen LogP contribution < -0.4 is 0 Å². The van der Waals surface area contributed by atoms with Crippen LogP contribution in [0.15, 0.2) is 12.2 Å². The van der Waals surface area contributed by atoms with Crippen LogP contribution in [0.25, 0.3) is 0 Å². The molecule has 10 atom stereocenters. The summed E-state index contributed by atoms with van der Waals surface area (Å²) in [5.41, 5.74) is 1.72. The van der Waals surface area contributed by atoms with Gasteiger partial charge in [0.1, 0.15) is 0 Å². The molecule has 5 fully saturated rings. The van der Waals surface area contributed by atoms with Gasteiger partial charge in [-0.05, 0) is 116 Å². The van der Waals surface area contributed by atoms with Crippen molar-refractivity contribution in [3.63, 3.8) is 0 Å². The zero-order valence-electron chi connectivity index (χ0n) is 22.8. The predicted octanol–water partition coefficient (Wildman–Crippen LogP) is 8.92. The normalized spacial score (nSPS) is 49.7. The summed E-state index contributed by atoms with van der Waals surface area (Å²) in [5.74, 6) is 6.29. The Kier molecular flexibility index (Phi) is 7.02. The van der Waals surface area contributed by atoms with Crippen molar-refractivity contribution < 1.29 is 4.74 Å². The van der Waals surface area contributed by atoms with E-state index in [4.69, 9.17) is 4.74 Å². The van der Waals surface area contributed by atoms with Gasteiger partial charge in [0.15, 0.2) is 0 Å². The lowest BCUT2D eigenvalue weighted by molar-refractivity contribution is -0.159. The van der Waals surface area contributed by atoms with Gasteiger partial charge in [-0.2, -0.15) is 0 Å². The van der Waals surface area contributed by atoms with Crippen LogP contribution in [-0.4, -0.2) is 13.2 Å². The Bertz CT molecular complexity index is 680. The van der Waals surface area contributed by atoms with Crippen LogP contribution >= 0.6 is 0 Å². The fourth-order valence-electron chi connectivity index (χ4n) is 10.3. The minimum atomic E-state index is 0.550. The number of hydrogen-bond donors (Lipinski definition) is 0. The second-order valence-electron chi connectivity index (χ2n) is 13.0. The predicted molar refractivity (Wildman–Crippen MR) is 138 cm³/mol. The SMILES string of the molecule is CC.CCC(/C=C/CC1CCC2C3CC(OC)C45CC4CCC5(C)C3CCC12C)C(C)C. The first-order chi connectivity index (χ1) is 15.3. The van der Waals surface area contributed by atoms with Crippen LogP contribution in [0.5, 0.6) is 0 Å². The Morgan fingerprint density at radius 3 is 2.38 bits per heavy atom. The van der Waals surface area contributed by atoms with Gasteiger partial charge in [0.25, 0.3) is 0 Å². The molecule has 5 aliphatic carbocycles. The number of rotatable bonds is 6. The molecular weight excluding hydrogens is 388 g/mol. The fourth-order valence-corrected chi connectivity index (χ4v) is 10.3. The second-order valence-corrected chi connectivity index (χ2v) is 13.0. The summed E-state index contributed by atoms with van der Waals surface area (Å²) in [6.45, 7) is 16.5. The third kappa shape index (κ3) is 3.41. The molecule has 32 heavy (non-hydrogen) atoms. The summed E-state index contributed by atoms with van der Waals surface area (Å²) in [5, 5.41) is 0. The van der Waals surface area contributed by atoms with Gasteiger partial charge < -0.3 is 4.74 Å². The molecule has 0 aliphatic heterocycles. The highest BCUT2D eigenvalue weighted by molar-refractivity contribution is 5.26. The molecule has 1 nitrogen and oxygen atoms in total. The number of hydrogen-bond acceptors (Lipinski definition) is 1. The van der Waals surface area contributed by atoms with E-state index in [1.165, 1.54) is 64.2 Å². The van der Waals surface area contributed by atoms with E-state index in [0.717, 1.165) is 41.4 Å². The number of allylic oxidation sites excluding steroid dienone is 2. The molecule has 0 amide bonds. The van der Waals surface area contributed by atoms with Crippen LogP contribution in [0.4, 0.5) is 0 Å². The van der Waals surface area contributed by atoms with Gasteiger partial charge in [0, 0.05) is 12.5 Å². The standard InChI is InChI=1S/C29H48O.C2H6/c1-7-20(19(2)3)9-8-10-21-11-12-24-23-17-26(30-6)29-18-22(29)13-16-28(29,5)25(23)14-15-27(21,24)4;1-2/h8-9,19-26H,7,10-18H2,1-6H3;1-2H3/b9-8+;. The number of ether oxygens (including phenoxy) is 1. The van der Waals surface area contributed by atoms with E-state index in [-0.39, 0.29) is 0 Å².